The van der Waals surface area contributed by atoms with Crippen molar-refractivity contribution in [1.29, 1.82) is 0 Å². The lowest BCUT2D eigenvalue weighted by Gasteiger charge is -2.38. The summed E-state index contributed by atoms with van der Waals surface area (Å²) in [6.45, 7) is 8.41. The average molecular weight is 298 g/mol. The van der Waals surface area contributed by atoms with Crippen LogP contribution in [0.5, 0.6) is 0 Å². The molecule has 0 aromatic heterocycles. The van der Waals surface area contributed by atoms with Gasteiger partial charge in [-0.05, 0) is 51.9 Å². The van der Waals surface area contributed by atoms with Crippen LogP contribution in [-0.4, -0.2) is 41.1 Å². The summed E-state index contributed by atoms with van der Waals surface area (Å²) in [4.78, 5) is 25.6. The molecule has 0 atom stereocenters. The molecule has 0 heterocycles. The van der Waals surface area contributed by atoms with E-state index in [9.17, 15) is 14.7 Å². The van der Waals surface area contributed by atoms with Crippen molar-refractivity contribution in [3.05, 3.63) is 0 Å². The zero-order chi connectivity index (χ0) is 16.3. The molecular formula is C16H30N2O3. The summed E-state index contributed by atoms with van der Waals surface area (Å²) in [7, 11) is 1.76. The summed E-state index contributed by atoms with van der Waals surface area (Å²) >= 11 is 0. The third-order valence-corrected chi connectivity index (χ3v) is 5.34. The van der Waals surface area contributed by atoms with Gasteiger partial charge in [0.1, 0.15) is 0 Å². The van der Waals surface area contributed by atoms with Crippen molar-refractivity contribution < 1.29 is 14.7 Å². The van der Waals surface area contributed by atoms with Gasteiger partial charge in [-0.1, -0.05) is 13.8 Å². The van der Waals surface area contributed by atoms with E-state index in [0.29, 0.717) is 18.8 Å². The first kappa shape index (κ1) is 17.8. The Labute approximate surface area is 128 Å². The van der Waals surface area contributed by atoms with Gasteiger partial charge in [0.15, 0.2) is 0 Å². The van der Waals surface area contributed by atoms with E-state index in [4.69, 9.17) is 0 Å². The summed E-state index contributed by atoms with van der Waals surface area (Å²) < 4.78 is 0. The van der Waals surface area contributed by atoms with Crippen LogP contribution in [0, 0.1) is 11.3 Å². The minimum atomic E-state index is -0.792. The topological polar surface area (TPSA) is 69.6 Å². The zero-order valence-corrected chi connectivity index (χ0v) is 14.0. The second-order valence-electron chi connectivity index (χ2n) is 7.15. The van der Waals surface area contributed by atoms with Crippen LogP contribution >= 0.6 is 0 Å². The largest absolute Gasteiger partial charge is 0.481 e. The van der Waals surface area contributed by atoms with E-state index in [1.165, 1.54) is 0 Å². The van der Waals surface area contributed by atoms with Crippen molar-refractivity contribution in [2.45, 2.75) is 65.3 Å². The highest BCUT2D eigenvalue weighted by molar-refractivity contribution is 5.78. The quantitative estimate of drug-likeness (QED) is 0.819. The van der Waals surface area contributed by atoms with Gasteiger partial charge in [-0.15, -0.1) is 0 Å². The van der Waals surface area contributed by atoms with Crippen LogP contribution < -0.4 is 5.32 Å². The molecule has 0 aromatic rings. The van der Waals surface area contributed by atoms with Crippen LogP contribution in [0.25, 0.3) is 0 Å². The van der Waals surface area contributed by atoms with Gasteiger partial charge in [0, 0.05) is 19.1 Å². The Morgan fingerprint density at radius 2 is 1.86 bits per heavy atom. The highest BCUT2D eigenvalue weighted by Gasteiger charge is 2.41. The molecule has 5 heteroatoms. The first-order chi connectivity index (χ1) is 9.64. The van der Waals surface area contributed by atoms with E-state index < -0.39 is 11.4 Å². The maximum atomic E-state index is 12.2. The fraction of sp³-hybridized carbons (Fsp3) is 0.875. The molecule has 5 nitrogen and oxygen atoms in total. The molecule has 0 unspecified atom stereocenters. The normalized spacial score (nSPS) is 26.2. The van der Waals surface area contributed by atoms with Gasteiger partial charge in [-0.2, -0.15) is 0 Å². The molecule has 0 aromatic carbocycles. The molecule has 21 heavy (non-hydrogen) atoms. The lowest BCUT2D eigenvalue weighted by atomic mass is 9.71. The van der Waals surface area contributed by atoms with Gasteiger partial charge < -0.3 is 15.3 Å². The number of hydrogen-bond donors (Lipinski definition) is 2. The van der Waals surface area contributed by atoms with Crippen LogP contribution in [0.2, 0.25) is 0 Å². The van der Waals surface area contributed by atoms with Crippen LogP contribution in [0.3, 0.4) is 0 Å². The van der Waals surface area contributed by atoms with Crippen LogP contribution in [-0.2, 0) is 4.79 Å². The fourth-order valence-electron chi connectivity index (χ4n) is 2.66. The Bertz CT molecular complexity index is 385. The minimum absolute atomic E-state index is 0.193. The summed E-state index contributed by atoms with van der Waals surface area (Å²) in [5, 5.41) is 12.4. The molecule has 1 fully saturated rings. The van der Waals surface area contributed by atoms with Gasteiger partial charge in [0.2, 0.25) is 0 Å². The van der Waals surface area contributed by atoms with Crippen molar-refractivity contribution in [3.63, 3.8) is 0 Å². The molecule has 122 valence electrons. The van der Waals surface area contributed by atoms with Gasteiger partial charge >= 0.3 is 12.0 Å². The number of rotatable bonds is 5. The second-order valence-corrected chi connectivity index (χ2v) is 7.15. The number of carboxylic acid groups (broad SMARTS) is 1. The Morgan fingerprint density at radius 3 is 2.29 bits per heavy atom. The number of urea groups is 1. The molecule has 1 aliphatic rings. The number of carboxylic acids is 1. The van der Waals surface area contributed by atoms with Crippen LogP contribution in [0.1, 0.15) is 59.8 Å². The van der Waals surface area contributed by atoms with Crippen molar-refractivity contribution in [2.75, 3.05) is 13.6 Å². The lowest BCUT2D eigenvalue weighted by molar-refractivity contribution is -0.151. The zero-order valence-electron chi connectivity index (χ0n) is 14.0. The number of nitrogens with one attached hydrogen (secondary N) is 1. The van der Waals surface area contributed by atoms with Crippen molar-refractivity contribution in [1.82, 2.24) is 10.2 Å². The van der Waals surface area contributed by atoms with Crippen LogP contribution in [0.15, 0.2) is 0 Å². The maximum Gasteiger partial charge on any atom is 0.317 e. The van der Waals surface area contributed by atoms with E-state index in [2.05, 4.69) is 12.2 Å². The average Bonchev–Trinajstić information content (AvgIpc) is 2.45. The Hall–Kier alpha value is -1.26. The molecule has 0 spiro atoms. The Balaban J connectivity index is 2.66. The molecular weight excluding hydrogens is 268 g/mol. The highest BCUT2D eigenvalue weighted by atomic mass is 16.4. The summed E-state index contributed by atoms with van der Waals surface area (Å²) in [5.74, 6) is -0.207. The van der Waals surface area contributed by atoms with Crippen molar-refractivity contribution in [2.24, 2.45) is 11.3 Å². The summed E-state index contributed by atoms with van der Waals surface area (Å²) in [5.41, 5.74) is -1.03. The SMILES string of the molecule is CCC(C)(C)N(C)C(=O)NCC1(C(=O)O)CCC(C)CC1. The second kappa shape index (κ2) is 6.67. The third kappa shape index (κ3) is 4.11. The number of amides is 2. The number of carbonyl (C=O) groups is 2. The maximum absolute atomic E-state index is 12.2. The number of nitrogens with zero attached hydrogens (tertiary/aromatic N) is 1. The summed E-state index contributed by atoms with van der Waals surface area (Å²) in [6, 6.07) is -0.193. The molecule has 1 rings (SSSR count). The minimum Gasteiger partial charge on any atom is -0.481 e. The highest BCUT2D eigenvalue weighted by Crippen LogP contribution is 2.38. The molecule has 1 aliphatic carbocycles. The van der Waals surface area contributed by atoms with E-state index >= 15 is 0 Å². The molecule has 2 amide bonds. The van der Waals surface area contributed by atoms with Gasteiger partial charge in [-0.25, -0.2) is 4.79 Å². The van der Waals surface area contributed by atoms with Gasteiger partial charge in [0.25, 0.3) is 0 Å². The van der Waals surface area contributed by atoms with Crippen molar-refractivity contribution in [3.8, 4) is 0 Å². The van der Waals surface area contributed by atoms with E-state index in [1.54, 1.807) is 11.9 Å². The first-order valence-corrected chi connectivity index (χ1v) is 7.90. The molecule has 0 radical (unpaired) electrons. The molecule has 0 bridgehead atoms. The summed E-state index contributed by atoms with van der Waals surface area (Å²) in [6.07, 6.45) is 3.96. The van der Waals surface area contributed by atoms with Crippen molar-refractivity contribution >= 4 is 12.0 Å². The van der Waals surface area contributed by atoms with E-state index in [-0.39, 0.29) is 18.1 Å². The fourth-order valence-corrected chi connectivity index (χ4v) is 2.66. The lowest BCUT2D eigenvalue weighted by Crippen LogP contribution is -2.53. The monoisotopic (exact) mass is 298 g/mol. The van der Waals surface area contributed by atoms with Gasteiger partial charge in [0.05, 0.1) is 5.41 Å². The third-order valence-electron chi connectivity index (χ3n) is 5.34. The van der Waals surface area contributed by atoms with E-state index in [1.807, 2.05) is 20.8 Å². The number of carbonyl (C=O) groups excluding carboxylic acids is 1. The van der Waals surface area contributed by atoms with E-state index in [0.717, 1.165) is 19.3 Å². The Kier molecular flexibility index (Phi) is 5.65. The molecule has 0 saturated heterocycles. The Morgan fingerprint density at radius 1 is 1.33 bits per heavy atom. The standard InChI is InChI=1S/C16H30N2O3/c1-6-15(3,4)18(5)14(21)17-11-16(13(19)20)9-7-12(2)8-10-16/h12H,6-11H2,1-5H3,(H,17,21)(H,19,20). The predicted octanol–water partition coefficient (Wildman–Crippen LogP) is 3.10. The van der Waals surface area contributed by atoms with Crippen LogP contribution in [0.4, 0.5) is 4.79 Å². The predicted molar refractivity (Wildman–Crippen MR) is 83.2 cm³/mol. The molecule has 2 N–H and O–H groups in total. The first-order valence-electron chi connectivity index (χ1n) is 7.90. The number of aliphatic carboxylic acids is 1. The molecule has 0 aliphatic heterocycles. The molecule has 1 saturated carbocycles. The smallest absolute Gasteiger partial charge is 0.317 e. The van der Waals surface area contributed by atoms with Gasteiger partial charge in [-0.3, -0.25) is 4.79 Å². The number of hydrogen-bond acceptors (Lipinski definition) is 2.